The minimum atomic E-state index is -0.100. The Kier molecular flexibility index (Phi) is 5.08. The molecule has 152 valence electrons. The Morgan fingerprint density at radius 1 is 1.37 bits per heavy atom. The van der Waals surface area contributed by atoms with Gasteiger partial charge in [0.2, 0.25) is 5.91 Å². The summed E-state index contributed by atoms with van der Waals surface area (Å²) in [6, 6.07) is 8.44. The summed E-state index contributed by atoms with van der Waals surface area (Å²) in [7, 11) is 2.12. The van der Waals surface area contributed by atoms with E-state index in [0.717, 1.165) is 5.17 Å². The van der Waals surface area contributed by atoms with Gasteiger partial charge in [0.05, 0.1) is 28.6 Å². The van der Waals surface area contributed by atoms with Crippen LogP contribution in [0.3, 0.4) is 0 Å². The van der Waals surface area contributed by atoms with Crippen molar-refractivity contribution in [2.45, 2.75) is 17.0 Å². The zero-order valence-electron chi connectivity index (χ0n) is 16.6. The van der Waals surface area contributed by atoms with Crippen molar-refractivity contribution in [1.82, 2.24) is 10.2 Å². The molecular formula is C23H22N4OS2. The van der Waals surface area contributed by atoms with E-state index in [4.69, 9.17) is 4.99 Å². The van der Waals surface area contributed by atoms with Crippen molar-refractivity contribution < 1.29 is 4.79 Å². The van der Waals surface area contributed by atoms with Gasteiger partial charge in [-0.1, -0.05) is 60.0 Å². The lowest BCUT2D eigenvalue weighted by molar-refractivity contribution is -0.123. The smallest absolute Gasteiger partial charge is 0.239 e. The number of hydrogen-bond donors (Lipinski definition) is 1. The monoisotopic (exact) mass is 434 g/mol. The number of carbonyl (C=O) groups excluding carboxylic acids is 1. The number of nitrogens with zero attached hydrogens (tertiary/aromatic N) is 3. The topological polar surface area (TPSA) is 47.9 Å². The molecule has 0 spiro atoms. The van der Waals surface area contributed by atoms with Crippen LogP contribution in [0.4, 0.5) is 5.69 Å². The van der Waals surface area contributed by atoms with E-state index in [-0.39, 0.29) is 18.0 Å². The molecule has 2 atom stereocenters. The van der Waals surface area contributed by atoms with Crippen molar-refractivity contribution in [3.05, 3.63) is 83.6 Å². The van der Waals surface area contributed by atoms with Crippen LogP contribution in [0.15, 0.2) is 93.5 Å². The second-order valence-corrected chi connectivity index (χ2v) is 9.29. The van der Waals surface area contributed by atoms with Crippen LogP contribution in [-0.2, 0) is 4.79 Å². The standard InChI is InChI=1S/C23H22N4OS2/c1-3-13-27-20(28)14-29-23(27)25-17-11-10-16(21-15(17)7-6-12-24-21)22-26(2)18-8-4-5-9-19(18)30-22/h3-12,17,21,24H,1,13-14H2,2H3. The third-order valence-electron chi connectivity index (χ3n) is 5.49. The lowest BCUT2D eigenvalue weighted by atomic mass is 9.86. The average Bonchev–Trinajstić information content (AvgIpc) is 3.29. The predicted molar refractivity (Wildman–Crippen MR) is 127 cm³/mol. The zero-order chi connectivity index (χ0) is 20.7. The van der Waals surface area contributed by atoms with E-state index in [1.807, 2.05) is 24.0 Å². The molecule has 1 aliphatic carbocycles. The first-order valence-corrected chi connectivity index (χ1v) is 11.6. The SMILES string of the molecule is C=CCN1C(=O)CSC1=NC1C=CC(=C2Sc3ccccc3N2C)C2NC=CC=C12. The fourth-order valence-corrected chi connectivity index (χ4v) is 6.17. The van der Waals surface area contributed by atoms with E-state index in [2.05, 4.69) is 66.3 Å². The van der Waals surface area contributed by atoms with Crippen LogP contribution in [0.1, 0.15) is 0 Å². The summed E-state index contributed by atoms with van der Waals surface area (Å²) < 4.78 is 0. The highest BCUT2D eigenvalue weighted by molar-refractivity contribution is 8.15. The molecule has 5 nitrogen and oxygen atoms in total. The normalized spacial score (nSPS) is 28.5. The molecule has 7 heteroatoms. The molecule has 0 bridgehead atoms. The molecule has 30 heavy (non-hydrogen) atoms. The van der Waals surface area contributed by atoms with E-state index < -0.39 is 0 Å². The van der Waals surface area contributed by atoms with Gasteiger partial charge in [0.15, 0.2) is 5.17 Å². The number of rotatable bonds is 3. The van der Waals surface area contributed by atoms with Crippen LogP contribution in [0.2, 0.25) is 0 Å². The zero-order valence-corrected chi connectivity index (χ0v) is 18.2. The molecule has 3 heterocycles. The summed E-state index contributed by atoms with van der Waals surface area (Å²) in [5.41, 5.74) is 3.67. The largest absolute Gasteiger partial charge is 0.380 e. The maximum atomic E-state index is 12.2. The third kappa shape index (κ3) is 3.22. The Labute approximate surface area is 185 Å². The second kappa shape index (κ2) is 7.89. The average molecular weight is 435 g/mol. The minimum Gasteiger partial charge on any atom is -0.380 e. The number of nitrogens with one attached hydrogen (secondary N) is 1. The first-order valence-electron chi connectivity index (χ1n) is 9.85. The molecule has 1 N–H and O–H groups in total. The highest BCUT2D eigenvalue weighted by atomic mass is 32.2. The van der Waals surface area contributed by atoms with Gasteiger partial charge >= 0.3 is 0 Å². The van der Waals surface area contributed by atoms with Crippen LogP contribution in [0, 0.1) is 0 Å². The first kappa shape index (κ1) is 19.3. The van der Waals surface area contributed by atoms with E-state index in [1.165, 1.54) is 38.5 Å². The number of thioether (sulfide) groups is 2. The number of allylic oxidation sites excluding steroid dienone is 2. The van der Waals surface area contributed by atoms with Gasteiger partial charge in [-0.15, -0.1) is 6.58 Å². The summed E-state index contributed by atoms with van der Waals surface area (Å²) in [4.78, 5) is 22.4. The summed E-state index contributed by atoms with van der Waals surface area (Å²) in [6.45, 7) is 4.26. The van der Waals surface area contributed by atoms with Crippen molar-refractivity contribution in [2.24, 2.45) is 4.99 Å². The van der Waals surface area contributed by atoms with Gasteiger partial charge in [-0.3, -0.25) is 9.69 Å². The molecular weight excluding hydrogens is 412 g/mol. The Morgan fingerprint density at radius 2 is 2.23 bits per heavy atom. The van der Waals surface area contributed by atoms with Crippen molar-refractivity contribution in [3.8, 4) is 0 Å². The summed E-state index contributed by atoms with van der Waals surface area (Å²) >= 11 is 3.31. The Bertz CT molecular complexity index is 1070. The van der Waals surface area contributed by atoms with Crippen LogP contribution in [-0.4, -0.2) is 47.4 Å². The van der Waals surface area contributed by atoms with Crippen molar-refractivity contribution >= 4 is 40.3 Å². The van der Waals surface area contributed by atoms with Crippen LogP contribution in [0.25, 0.3) is 0 Å². The quantitative estimate of drug-likeness (QED) is 0.731. The maximum Gasteiger partial charge on any atom is 0.239 e. The maximum absolute atomic E-state index is 12.2. The highest BCUT2D eigenvalue weighted by Gasteiger charge is 2.35. The number of carbonyl (C=O) groups is 1. The van der Waals surface area contributed by atoms with E-state index in [1.54, 1.807) is 11.0 Å². The lowest BCUT2D eigenvalue weighted by Gasteiger charge is -2.33. The molecule has 4 aliphatic rings. The minimum absolute atomic E-state index is 0.0589. The molecule has 2 unspecified atom stereocenters. The summed E-state index contributed by atoms with van der Waals surface area (Å²) in [6.07, 6.45) is 12.2. The third-order valence-corrected chi connectivity index (χ3v) is 7.74. The van der Waals surface area contributed by atoms with Crippen LogP contribution >= 0.6 is 23.5 Å². The molecule has 1 aromatic rings. The Hall–Kier alpha value is -2.64. The molecule has 0 radical (unpaired) electrons. The number of fused-ring (bicyclic) bond motifs is 2. The van der Waals surface area contributed by atoms with Crippen molar-refractivity contribution in [2.75, 3.05) is 24.2 Å². The number of benzene rings is 1. The number of amidine groups is 1. The fourth-order valence-electron chi connectivity index (χ4n) is 4.04. The fraction of sp³-hybridized carbons (Fsp3) is 0.217. The molecule has 0 saturated carbocycles. The number of amides is 1. The highest BCUT2D eigenvalue weighted by Crippen LogP contribution is 2.48. The summed E-state index contributed by atoms with van der Waals surface area (Å²) in [5.74, 6) is 0.536. The van der Waals surface area contributed by atoms with Gasteiger partial charge in [-0.05, 0) is 30.0 Å². The van der Waals surface area contributed by atoms with Crippen molar-refractivity contribution in [3.63, 3.8) is 0 Å². The molecule has 5 rings (SSSR count). The molecule has 1 saturated heterocycles. The molecule has 3 aliphatic heterocycles. The van der Waals surface area contributed by atoms with Crippen LogP contribution < -0.4 is 10.2 Å². The first-order chi connectivity index (χ1) is 14.7. The van der Waals surface area contributed by atoms with Gasteiger partial charge in [-0.2, -0.15) is 0 Å². The number of para-hydroxylation sites is 1. The number of aliphatic imine (C=N–C) groups is 1. The van der Waals surface area contributed by atoms with Gasteiger partial charge in [0.25, 0.3) is 0 Å². The van der Waals surface area contributed by atoms with Crippen LogP contribution in [0.5, 0.6) is 0 Å². The molecule has 1 fully saturated rings. The Balaban J connectivity index is 1.52. The summed E-state index contributed by atoms with van der Waals surface area (Å²) in [5, 5.41) is 5.53. The second-order valence-electron chi connectivity index (χ2n) is 7.31. The lowest BCUT2D eigenvalue weighted by Crippen LogP contribution is -2.39. The van der Waals surface area contributed by atoms with Gasteiger partial charge in [-0.25, -0.2) is 4.99 Å². The van der Waals surface area contributed by atoms with Crippen molar-refractivity contribution in [1.29, 1.82) is 0 Å². The Morgan fingerprint density at radius 3 is 3.07 bits per heavy atom. The van der Waals surface area contributed by atoms with Gasteiger partial charge in [0.1, 0.15) is 0 Å². The molecule has 1 amide bonds. The van der Waals surface area contributed by atoms with Gasteiger partial charge < -0.3 is 10.2 Å². The van der Waals surface area contributed by atoms with Gasteiger partial charge in [0, 0.05) is 24.1 Å². The molecule has 0 aromatic heterocycles. The van der Waals surface area contributed by atoms with E-state index >= 15 is 0 Å². The van der Waals surface area contributed by atoms with E-state index in [9.17, 15) is 4.79 Å². The van der Waals surface area contributed by atoms with E-state index in [0.29, 0.717) is 12.3 Å². The predicted octanol–water partition coefficient (Wildman–Crippen LogP) is 3.91. The number of hydrogen-bond acceptors (Lipinski definition) is 6. The number of anilines is 1. The molecule has 1 aromatic carbocycles. The number of dihydropyridines is 1.